The molecule has 4 nitrogen and oxygen atoms in total. The van der Waals surface area contributed by atoms with E-state index in [4.69, 9.17) is 4.74 Å². The largest absolute Gasteiger partial charge is 0.504 e. The van der Waals surface area contributed by atoms with Crippen LogP contribution in [0.15, 0.2) is 48.0 Å². The van der Waals surface area contributed by atoms with Gasteiger partial charge in [-0.2, -0.15) is 0 Å². The molecule has 3 aromatic rings. The van der Waals surface area contributed by atoms with E-state index in [0.29, 0.717) is 6.04 Å². The van der Waals surface area contributed by atoms with Crippen LogP contribution in [0.1, 0.15) is 56.0 Å². The Labute approximate surface area is 195 Å². The Balaban J connectivity index is 1.64. The minimum Gasteiger partial charge on any atom is -0.504 e. The van der Waals surface area contributed by atoms with Gasteiger partial charge in [0.15, 0.2) is 17.1 Å². The van der Waals surface area contributed by atoms with Crippen LogP contribution >= 0.6 is 0 Å². The third kappa shape index (κ3) is 2.04. The summed E-state index contributed by atoms with van der Waals surface area (Å²) in [5.41, 5.74) is 7.08. The van der Waals surface area contributed by atoms with Gasteiger partial charge in [0.25, 0.3) is 0 Å². The summed E-state index contributed by atoms with van der Waals surface area (Å²) in [5, 5.41) is 12.3. The fourth-order valence-electron chi connectivity index (χ4n) is 8.39. The first-order valence-corrected chi connectivity index (χ1v) is 12.3. The lowest BCUT2D eigenvalue weighted by Gasteiger charge is -2.67. The first kappa shape index (κ1) is 19.7. The molecule has 7 rings (SSSR count). The van der Waals surface area contributed by atoms with E-state index in [9.17, 15) is 5.11 Å². The zero-order chi connectivity index (χ0) is 22.8. The van der Waals surface area contributed by atoms with Crippen molar-refractivity contribution in [2.24, 2.45) is 5.41 Å². The van der Waals surface area contributed by atoms with Crippen molar-refractivity contribution in [2.45, 2.75) is 63.5 Å². The Morgan fingerprint density at radius 3 is 2.88 bits per heavy atom. The normalized spacial score (nSPS) is 33.4. The number of benzene rings is 2. The quantitative estimate of drug-likeness (QED) is 0.512. The number of likely N-dealkylation sites (tertiary alicyclic amines) is 1. The lowest BCUT2D eigenvalue weighted by molar-refractivity contribution is -0.142. The van der Waals surface area contributed by atoms with Gasteiger partial charge >= 0.3 is 0 Å². The van der Waals surface area contributed by atoms with E-state index in [-0.39, 0.29) is 16.6 Å². The summed E-state index contributed by atoms with van der Waals surface area (Å²) in [6.07, 6.45) is 6.55. The molecule has 1 saturated heterocycles. The lowest BCUT2D eigenvalue weighted by atomic mass is 9.39. The predicted molar refractivity (Wildman–Crippen MR) is 131 cm³/mol. The van der Waals surface area contributed by atoms with Crippen molar-refractivity contribution in [3.05, 3.63) is 70.4 Å². The van der Waals surface area contributed by atoms with Crippen molar-refractivity contribution in [1.82, 2.24) is 9.88 Å². The standard InChI is InChI=1S/C29H32N2O2/c1-17(2)11-12-28-16-20-19-7-5-6-8-21(19)30-26(20)27(3)29(28)13-14-31(4)23(28)15-18-9-10-22(32)25(33-27)24(18)29/h5-11,23,30,32H,12-16H2,1-4H3/t23-,27+,28+,29+/m1/s1. The second kappa shape index (κ2) is 6.04. The summed E-state index contributed by atoms with van der Waals surface area (Å²) in [6.45, 7) is 7.77. The maximum absolute atomic E-state index is 11.0. The minimum atomic E-state index is -0.551. The Hall–Kier alpha value is -2.72. The van der Waals surface area contributed by atoms with Crippen LogP contribution in [-0.2, 0) is 23.9 Å². The topological polar surface area (TPSA) is 48.5 Å². The van der Waals surface area contributed by atoms with Crippen LogP contribution in [-0.4, -0.2) is 34.6 Å². The smallest absolute Gasteiger partial charge is 0.166 e. The Bertz CT molecular complexity index is 1370. The monoisotopic (exact) mass is 440 g/mol. The molecule has 1 aromatic heterocycles. The van der Waals surface area contributed by atoms with Crippen molar-refractivity contribution in [3.8, 4) is 11.5 Å². The number of likely N-dealkylation sites (N-methyl/N-ethyl adjacent to an activating group) is 1. The molecule has 0 radical (unpaired) electrons. The van der Waals surface area contributed by atoms with E-state index in [1.807, 2.05) is 6.07 Å². The summed E-state index contributed by atoms with van der Waals surface area (Å²) in [5.74, 6) is 1.01. The number of aromatic amines is 1. The number of hydrogen-bond acceptors (Lipinski definition) is 3. The molecule has 1 fully saturated rings. The number of piperidine rings is 1. The van der Waals surface area contributed by atoms with Gasteiger partial charge in [0.2, 0.25) is 0 Å². The van der Waals surface area contributed by atoms with Crippen LogP contribution in [0.3, 0.4) is 0 Å². The summed E-state index contributed by atoms with van der Waals surface area (Å²) < 4.78 is 7.00. The molecule has 0 unspecified atom stereocenters. The number of aromatic nitrogens is 1. The number of phenols is 1. The first-order chi connectivity index (χ1) is 15.8. The van der Waals surface area contributed by atoms with Gasteiger partial charge in [0.1, 0.15) is 0 Å². The summed E-state index contributed by atoms with van der Waals surface area (Å²) in [7, 11) is 2.31. The maximum Gasteiger partial charge on any atom is 0.166 e. The second-order valence-corrected chi connectivity index (χ2v) is 11.3. The van der Waals surface area contributed by atoms with Crippen LogP contribution in [0.2, 0.25) is 0 Å². The summed E-state index contributed by atoms with van der Waals surface area (Å²) in [6, 6.07) is 13.1. The number of allylic oxidation sites excluding steroid dienone is 2. The Morgan fingerprint density at radius 1 is 1.24 bits per heavy atom. The zero-order valence-corrected chi connectivity index (χ0v) is 20.0. The number of H-pyrrole nitrogens is 1. The van der Waals surface area contributed by atoms with E-state index in [0.717, 1.165) is 38.0 Å². The lowest BCUT2D eigenvalue weighted by Crippen LogP contribution is -2.73. The van der Waals surface area contributed by atoms with Crippen molar-refractivity contribution in [2.75, 3.05) is 13.6 Å². The predicted octanol–water partition coefficient (Wildman–Crippen LogP) is 5.58. The number of para-hydroxylation sites is 1. The van der Waals surface area contributed by atoms with Crippen LogP contribution in [0, 0.1) is 5.41 Å². The molecule has 2 aromatic carbocycles. The van der Waals surface area contributed by atoms with Crippen LogP contribution < -0.4 is 4.74 Å². The van der Waals surface area contributed by atoms with Crippen molar-refractivity contribution in [3.63, 3.8) is 0 Å². The highest BCUT2D eigenvalue weighted by atomic mass is 16.5. The van der Waals surface area contributed by atoms with Crippen LogP contribution in [0.5, 0.6) is 11.5 Å². The van der Waals surface area contributed by atoms with Crippen molar-refractivity contribution < 1.29 is 9.84 Å². The minimum absolute atomic E-state index is 0.00394. The van der Waals surface area contributed by atoms with E-state index < -0.39 is 5.60 Å². The van der Waals surface area contributed by atoms with E-state index in [2.05, 4.69) is 74.1 Å². The van der Waals surface area contributed by atoms with Gasteiger partial charge in [0.05, 0.1) is 11.1 Å². The molecule has 0 saturated carbocycles. The highest BCUT2D eigenvalue weighted by Crippen LogP contribution is 2.75. The SMILES string of the molecule is CC(C)=CC[C@@]12Cc3c([nH]c4ccccc34)[C@]3(C)Oc4c(O)ccc5c4[C@]13CCN(C)[C@@H]2C5. The fourth-order valence-corrected chi connectivity index (χ4v) is 8.39. The molecule has 1 spiro atoms. The molecule has 170 valence electrons. The van der Waals surface area contributed by atoms with Crippen molar-refractivity contribution >= 4 is 10.9 Å². The Morgan fingerprint density at radius 2 is 2.06 bits per heavy atom. The van der Waals surface area contributed by atoms with E-state index >= 15 is 0 Å². The highest BCUT2D eigenvalue weighted by Gasteiger charge is 2.76. The number of nitrogens with one attached hydrogen (secondary N) is 1. The number of aromatic hydroxyl groups is 1. The summed E-state index contributed by atoms with van der Waals surface area (Å²) >= 11 is 0. The molecule has 4 heteroatoms. The second-order valence-electron chi connectivity index (χ2n) is 11.3. The average Bonchev–Trinajstić information content (AvgIpc) is 3.29. The molecule has 4 aliphatic rings. The molecule has 2 N–H and O–H groups in total. The molecule has 2 bridgehead atoms. The molecule has 0 amide bonds. The molecule has 2 aliphatic heterocycles. The first-order valence-electron chi connectivity index (χ1n) is 12.3. The number of rotatable bonds is 2. The molecule has 2 aliphatic carbocycles. The molecule has 4 atom stereocenters. The molecular formula is C29H32N2O2. The number of hydrogen-bond donors (Lipinski definition) is 2. The average molecular weight is 441 g/mol. The Kier molecular flexibility index (Phi) is 3.61. The van der Waals surface area contributed by atoms with Crippen molar-refractivity contribution in [1.29, 1.82) is 0 Å². The number of fused-ring (bicyclic) bond motifs is 4. The van der Waals surface area contributed by atoms with E-state index in [1.165, 1.54) is 38.9 Å². The van der Waals surface area contributed by atoms with Gasteiger partial charge in [-0.25, -0.2) is 0 Å². The maximum atomic E-state index is 11.0. The number of ether oxygens (including phenoxy) is 1. The van der Waals surface area contributed by atoms with Gasteiger partial charge in [-0.3, -0.25) is 0 Å². The van der Waals surface area contributed by atoms with E-state index in [1.54, 1.807) is 0 Å². The van der Waals surface area contributed by atoms with Gasteiger partial charge in [0, 0.05) is 27.9 Å². The molecule has 3 heterocycles. The van der Waals surface area contributed by atoms with Gasteiger partial charge in [-0.05, 0) is 83.3 Å². The van der Waals surface area contributed by atoms with Crippen LogP contribution in [0.25, 0.3) is 10.9 Å². The van der Waals surface area contributed by atoms with Gasteiger partial charge in [-0.1, -0.05) is 35.9 Å². The van der Waals surface area contributed by atoms with Crippen LogP contribution in [0.4, 0.5) is 0 Å². The highest BCUT2D eigenvalue weighted by molar-refractivity contribution is 5.86. The fraction of sp³-hybridized carbons (Fsp3) is 0.448. The molecular weight excluding hydrogens is 408 g/mol. The van der Waals surface area contributed by atoms with Gasteiger partial charge < -0.3 is 19.7 Å². The molecule has 33 heavy (non-hydrogen) atoms. The number of nitrogens with zero attached hydrogens (tertiary/aromatic N) is 1. The zero-order valence-electron chi connectivity index (χ0n) is 20.0. The third-order valence-corrected chi connectivity index (χ3v) is 9.70. The number of phenolic OH excluding ortho intramolecular Hbond substituents is 1. The summed E-state index contributed by atoms with van der Waals surface area (Å²) in [4.78, 5) is 6.41. The third-order valence-electron chi connectivity index (χ3n) is 9.70. The van der Waals surface area contributed by atoms with Gasteiger partial charge in [-0.15, -0.1) is 0 Å².